The summed E-state index contributed by atoms with van der Waals surface area (Å²) in [6, 6.07) is 9.49. The zero-order chi connectivity index (χ0) is 16.4. The Morgan fingerprint density at radius 3 is 2.48 bits per heavy atom. The number of carbonyl (C=O) groups is 2. The second-order valence-electron chi connectivity index (χ2n) is 6.30. The summed E-state index contributed by atoms with van der Waals surface area (Å²) in [4.78, 5) is 23.3. The number of hydrogen-bond acceptors (Lipinski definition) is 3. The third-order valence-electron chi connectivity index (χ3n) is 4.68. The first-order valence-corrected chi connectivity index (χ1v) is 8.06. The SMILES string of the molecule is CC(NC(=O)C1CCC(C(=O)O)CC1)c1cc2ccccc2o1. The Labute approximate surface area is 134 Å². The van der Waals surface area contributed by atoms with Gasteiger partial charge in [-0.3, -0.25) is 9.59 Å². The summed E-state index contributed by atoms with van der Waals surface area (Å²) in [6.45, 7) is 1.90. The standard InChI is InChI=1S/C18H21NO4/c1-11(16-10-14-4-2-3-5-15(14)23-16)19-17(20)12-6-8-13(9-7-12)18(21)22/h2-5,10-13H,6-9H2,1H3,(H,19,20)(H,21,22). The molecule has 5 nitrogen and oxygen atoms in total. The Morgan fingerprint density at radius 1 is 1.17 bits per heavy atom. The second-order valence-corrected chi connectivity index (χ2v) is 6.30. The minimum atomic E-state index is -0.750. The molecule has 0 bridgehead atoms. The van der Waals surface area contributed by atoms with Gasteiger partial charge in [-0.1, -0.05) is 18.2 Å². The van der Waals surface area contributed by atoms with Crippen molar-refractivity contribution >= 4 is 22.8 Å². The summed E-state index contributed by atoms with van der Waals surface area (Å²) in [5.41, 5.74) is 0.811. The average Bonchev–Trinajstić information content (AvgIpc) is 2.99. The van der Waals surface area contributed by atoms with Crippen molar-refractivity contribution < 1.29 is 19.1 Å². The third kappa shape index (κ3) is 3.38. The molecule has 3 rings (SSSR count). The minimum Gasteiger partial charge on any atom is -0.481 e. The Kier molecular flexibility index (Phi) is 4.37. The summed E-state index contributed by atoms with van der Waals surface area (Å²) in [6.07, 6.45) is 2.42. The van der Waals surface area contributed by atoms with E-state index in [0.717, 1.165) is 16.7 Å². The van der Waals surface area contributed by atoms with Crippen molar-refractivity contribution in [1.82, 2.24) is 5.32 Å². The molecule has 0 aliphatic heterocycles. The van der Waals surface area contributed by atoms with E-state index in [4.69, 9.17) is 9.52 Å². The van der Waals surface area contributed by atoms with Crippen LogP contribution in [0.5, 0.6) is 0 Å². The Morgan fingerprint density at radius 2 is 1.83 bits per heavy atom. The third-order valence-corrected chi connectivity index (χ3v) is 4.68. The molecule has 1 atom stereocenters. The smallest absolute Gasteiger partial charge is 0.306 e. The molecule has 1 amide bonds. The van der Waals surface area contributed by atoms with Gasteiger partial charge in [-0.05, 0) is 44.7 Å². The van der Waals surface area contributed by atoms with Gasteiger partial charge in [0.2, 0.25) is 5.91 Å². The summed E-state index contributed by atoms with van der Waals surface area (Å²) in [5, 5.41) is 13.0. The molecule has 2 aromatic rings. The largest absolute Gasteiger partial charge is 0.481 e. The number of carboxylic acids is 1. The van der Waals surface area contributed by atoms with E-state index in [2.05, 4.69) is 5.32 Å². The van der Waals surface area contributed by atoms with E-state index in [-0.39, 0.29) is 23.8 Å². The number of carboxylic acid groups (broad SMARTS) is 1. The van der Waals surface area contributed by atoms with Crippen LogP contribution in [0, 0.1) is 11.8 Å². The highest BCUT2D eigenvalue weighted by Gasteiger charge is 2.30. The van der Waals surface area contributed by atoms with E-state index in [9.17, 15) is 9.59 Å². The molecule has 1 heterocycles. The molecule has 1 aliphatic carbocycles. The molecule has 5 heteroatoms. The van der Waals surface area contributed by atoms with Crippen LogP contribution in [0.15, 0.2) is 34.7 Å². The molecular weight excluding hydrogens is 294 g/mol. The van der Waals surface area contributed by atoms with Crippen molar-refractivity contribution in [3.05, 3.63) is 36.1 Å². The van der Waals surface area contributed by atoms with E-state index < -0.39 is 5.97 Å². The predicted molar refractivity (Wildman–Crippen MR) is 85.9 cm³/mol. The molecular formula is C18H21NO4. The highest BCUT2D eigenvalue weighted by Crippen LogP contribution is 2.30. The lowest BCUT2D eigenvalue weighted by molar-refractivity contribution is -0.144. The first-order valence-electron chi connectivity index (χ1n) is 8.06. The highest BCUT2D eigenvalue weighted by molar-refractivity contribution is 5.81. The molecule has 0 radical (unpaired) electrons. The van der Waals surface area contributed by atoms with E-state index in [1.54, 1.807) is 0 Å². The number of rotatable bonds is 4. The van der Waals surface area contributed by atoms with Gasteiger partial charge in [0, 0.05) is 11.3 Å². The molecule has 2 N–H and O–H groups in total. The number of aliphatic carboxylic acids is 1. The van der Waals surface area contributed by atoms with Gasteiger partial charge in [-0.2, -0.15) is 0 Å². The first kappa shape index (κ1) is 15.6. The minimum absolute atomic E-state index is 0.0122. The number of carbonyl (C=O) groups excluding carboxylic acids is 1. The van der Waals surface area contributed by atoms with Gasteiger partial charge in [0.1, 0.15) is 11.3 Å². The number of amides is 1. The van der Waals surface area contributed by atoms with Crippen LogP contribution in [0.4, 0.5) is 0 Å². The number of hydrogen-bond donors (Lipinski definition) is 2. The lowest BCUT2D eigenvalue weighted by Crippen LogP contribution is -2.35. The maximum atomic E-state index is 12.4. The van der Waals surface area contributed by atoms with Gasteiger partial charge in [0.15, 0.2) is 0 Å². The fourth-order valence-electron chi connectivity index (χ4n) is 3.22. The van der Waals surface area contributed by atoms with Crippen LogP contribution in [0.3, 0.4) is 0 Å². The van der Waals surface area contributed by atoms with Gasteiger partial charge in [0.05, 0.1) is 12.0 Å². The van der Waals surface area contributed by atoms with Crippen LogP contribution in [0.2, 0.25) is 0 Å². The van der Waals surface area contributed by atoms with Crippen molar-refractivity contribution in [2.45, 2.75) is 38.6 Å². The number of nitrogens with one attached hydrogen (secondary N) is 1. The molecule has 1 unspecified atom stereocenters. The molecule has 0 saturated heterocycles. The van der Waals surface area contributed by atoms with Crippen molar-refractivity contribution in [2.24, 2.45) is 11.8 Å². The zero-order valence-corrected chi connectivity index (χ0v) is 13.1. The fourth-order valence-corrected chi connectivity index (χ4v) is 3.22. The van der Waals surface area contributed by atoms with Gasteiger partial charge >= 0.3 is 5.97 Å². The molecule has 1 aliphatic rings. The van der Waals surface area contributed by atoms with Crippen molar-refractivity contribution in [3.63, 3.8) is 0 Å². The maximum Gasteiger partial charge on any atom is 0.306 e. The maximum absolute atomic E-state index is 12.4. The zero-order valence-electron chi connectivity index (χ0n) is 13.1. The number of benzene rings is 1. The molecule has 1 fully saturated rings. The summed E-state index contributed by atoms with van der Waals surface area (Å²) < 4.78 is 5.77. The molecule has 1 saturated carbocycles. The van der Waals surface area contributed by atoms with Crippen molar-refractivity contribution in [3.8, 4) is 0 Å². The monoisotopic (exact) mass is 315 g/mol. The predicted octanol–water partition coefficient (Wildman–Crippen LogP) is 3.50. The lowest BCUT2D eigenvalue weighted by atomic mass is 9.81. The molecule has 122 valence electrons. The van der Waals surface area contributed by atoms with Gasteiger partial charge < -0.3 is 14.8 Å². The number of para-hydroxylation sites is 1. The van der Waals surface area contributed by atoms with Crippen LogP contribution >= 0.6 is 0 Å². The van der Waals surface area contributed by atoms with Gasteiger partial charge in [-0.15, -0.1) is 0 Å². The fraction of sp³-hybridized carbons (Fsp3) is 0.444. The number of furan rings is 1. The van der Waals surface area contributed by atoms with Gasteiger partial charge in [0.25, 0.3) is 0 Å². The van der Waals surface area contributed by atoms with E-state index in [0.29, 0.717) is 25.7 Å². The Balaban J connectivity index is 1.60. The normalized spacial score (nSPS) is 22.7. The van der Waals surface area contributed by atoms with Crippen LogP contribution < -0.4 is 5.32 Å². The first-order chi connectivity index (χ1) is 11.0. The van der Waals surface area contributed by atoms with Gasteiger partial charge in [-0.25, -0.2) is 0 Å². The van der Waals surface area contributed by atoms with Crippen LogP contribution in [-0.4, -0.2) is 17.0 Å². The van der Waals surface area contributed by atoms with Crippen LogP contribution in [0.1, 0.15) is 44.4 Å². The second kappa shape index (κ2) is 6.44. The molecule has 0 spiro atoms. The lowest BCUT2D eigenvalue weighted by Gasteiger charge is -2.26. The average molecular weight is 315 g/mol. The molecule has 1 aromatic carbocycles. The topological polar surface area (TPSA) is 79.5 Å². The quantitative estimate of drug-likeness (QED) is 0.905. The highest BCUT2D eigenvalue weighted by atomic mass is 16.4. The Bertz CT molecular complexity index is 680. The van der Waals surface area contributed by atoms with Crippen LogP contribution in [-0.2, 0) is 9.59 Å². The summed E-state index contributed by atoms with van der Waals surface area (Å²) in [7, 11) is 0. The molecule has 23 heavy (non-hydrogen) atoms. The van der Waals surface area contributed by atoms with E-state index >= 15 is 0 Å². The van der Waals surface area contributed by atoms with E-state index in [1.165, 1.54) is 0 Å². The van der Waals surface area contributed by atoms with E-state index in [1.807, 2.05) is 37.3 Å². The summed E-state index contributed by atoms with van der Waals surface area (Å²) in [5.74, 6) is -0.427. The summed E-state index contributed by atoms with van der Waals surface area (Å²) >= 11 is 0. The molecule has 1 aromatic heterocycles. The number of fused-ring (bicyclic) bond motifs is 1. The van der Waals surface area contributed by atoms with Crippen molar-refractivity contribution in [1.29, 1.82) is 0 Å². The van der Waals surface area contributed by atoms with Crippen LogP contribution in [0.25, 0.3) is 11.0 Å². The Hall–Kier alpha value is -2.30. The van der Waals surface area contributed by atoms with Crippen molar-refractivity contribution in [2.75, 3.05) is 0 Å².